The first-order valence-electron chi connectivity index (χ1n) is 10.1. The zero-order chi connectivity index (χ0) is 19.1. The topological polar surface area (TPSA) is 78.9 Å². The van der Waals surface area contributed by atoms with Gasteiger partial charge >= 0.3 is 0 Å². The molecule has 2 heterocycles. The van der Waals surface area contributed by atoms with Crippen molar-refractivity contribution in [1.29, 1.82) is 0 Å². The minimum absolute atomic E-state index is 0. The fourth-order valence-electron chi connectivity index (χ4n) is 3.13. The molecule has 7 nitrogen and oxygen atoms in total. The molecule has 2 fully saturated rings. The number of nitrogens with one attached hydrogen (secondary N) is 2. The van der Waals surface area contributed by atoms with Crippen LogP contribution < -0.4 is 15.4 Å². The van der Waals surface area contributed by atoms with Crippen LogP contribution in [-0.2, 0) is 11.3 Å². The van der Waals surface area contributed by atoms with Gasteiger partial charge < -0.3 is 20.3 Å². The van der Waals surface area contributed by atoms with Crippen molar-refractivity contribution in [3.8, 4) is 5.88 Å². The first kappa shape index (κ1) is 22.7. The van der Waals surface area contributed by atoms with Crippen LogP contribution in [0.4, 0.5) is 0 Å². The number of aliphatic imine (C=N–C) groups is 1. The van der Waals surface area contributed by atoms with Crippen molar-refractivity contribution in [2.24, 2.45) is 10.9 Å². The molecule has 0 spiro atoms. The van der Waals surface area contributed by atoms with Crippen LogP contribution in [0, 0.1) is 5.92 Å². The number of nitrogens with zero attached hydrogens (tertiary/aromatic N) is 3. The van der Waals surface area contributed by atoms with E-state index in [1.54, 1.807) is 6.20 Å². The van der Waals surface area contributed by atoms with Crippen molar-refractivity contribution >= 4 is 35.8 Å². The van der Waals surface area contributed by atoms with Gasteiger partial charge in [-0.1, -0.05) is 6.92 Å². The third-order valence-corrected chi connectivity index (χ3v) is 4.91. The van der Waals surface area contributed by atoms with Gasteiger partial charge in [0.1, 0.15) is 0 Å². The van der Waals surface area contributed by atoms with E-state index in [9.17, 15) is 4.79 Å². The van der Waals surface area contributed by atoms with E-state index in [4.69, 9.17) is 9.73 Å². The number of guanidine groups is 1. The van der Waals surface area contributed by atoms with Crippen LogP contribution in [0.5, 0.6) is 5.88 Å². The second-order valence-corrected chi connectivity index (χ2v) is 7.28. The van der Waals surface area contributed by atoms with Crippen molar-refractivity contribution in [3.63, 3.8) is 0 Å². The number of pyridine rings is 1. The Morgan fingerprint density at radius 3 is 2.89 bits per heavy atom. The summed E-state index contributed by atoms with van der Waals surface area (Å²) in [6.07, 6.45) is 5.82. The standard InChI is InChI=1S/C20H31N5O2.HI/c1-3-19(26)25-10-8-17(13-25)24-20(21-4-2)23-12-16-7-9-22-18(11-16)27-14-15-5-6-15;/h7,9,11,15,17H,3-6,8,10,12-14H2,1-2H3,(H2,21,23,24);1H. The maximum atomic E-state index is 11.8. The van der Waals surface area contributed by atoms with Crippen LogP contribution in [0.25, 0.3) is 0 Å². The SMILES string of the molecule is CCNC(=NCc1ccnc(OCC2CC2)c1)NC1CCN(C(=O)CC)C1.I. The summed E-state index contributed by atoms with van der Waals surface area (Å²) >= 11 is 0. The van der Waals surface area contributed by atoms with Crippen LogP contribution in [-0.4, -0.2) is 54.0 Å². The molecule has 1 saturated heterocycles. The molecule has 0 radical (unpaired) electrons. The molecular formula is C20H32IN5O2. The number of hydrogen-bond donors (Lipinski definition) is 2. The molecule has 1 amide bonds. The molecule has 1 aliphatic heterocycles. The number of amides is 1. The summed E-state index contributed by atoms with van der Waals surface area (Å²) in [5, 5.41) is 6.75. The smallest absolute Gasteiger partial charge is 0.222 e. The van der Waals surface area contributed by atoms with Crippen molar-refractivity contribution in [3.05, 3.63) is 23.9 Å². The molecule has 1 saturated carbocycles. The van der Waals surface area contributed by atoms with Crippen LogP contribution in [0.3, 0.4) is 0 Å². The van der Waals surface area contributed by atoms with Gasteiger partial charge in [-0.05, 0) is 43.7 Å². The molecule has 0 aromatic carbocycles. The number of likely N-dealkylation sites (tertiary alicyclic amines) is 1. The largest absolute Gasteiger partial charge is 0.477 e. The second kappa shape index (κ2) is 11.4. The Labute approximate surface area is 184 Å². The van der Waals surface area contributed by atoms with Gasteiger partial charge in [0.2, 0.25) is 11.8 Å². The third-order valence-electron chi connectivity index (χ3n) is 4.91. The normalized spacial score (nSPS) is 19.1. The summed E-state index contributed by atoms with van der Waals surface area (Å²) < 4.78 is 5.75. The molecule has 8 heteroatoms. The van der Waals surface area contributed by atoms with Crippen molar-refractivity contribution in [2.45, 2.75) is 52.1 Å². The van der Waals surface area contributed by atoms with Crippen molar-refractivity contribution in [2.75, 3.05) is 26.2 Å². The number of carbonyl (C=O) groups excluding carboxylic acids is 1. The molecule has 2 N–H and O–H groups in total. The Balaban J connectivity index is 0.00000280. The van der Waals surface area contributed by atoms with Crippen LogP contribution in [0.15, 0.2) is 23.3 Å². The predicted molar refractivity (Wildman–Crippen MR) is 121 cm³/mol. The van der Waals surface area contributed by atoms with E-state index in [0.29, 0.717) is 24.8 Å². The van der Waals surface area contributed by atoms with Gasteiger partial charge in [-0.3, -0.25) is 4.79 Å². The summed E-state index contributed by atoms with van der Waals surface area (Å²) in [7, 11) is 0. The summed E-state index contributed by atoms with van der Waals surface area (Å²) in [6, 6.07) is 4.18. The Hall–Kier alpha value is -1.58. The van der Waals surface area contributed by atoms with E-state index in [2.05, 4.69) is 22.5 Å². The average molecular weight is 501 g/mol. The van der Waals surface area contributed by atoms with Crippen LogP contribution in [0.1, 0.15) is 45.1 Å². The molecule has 2 aliphatic rings. The Morgan fingerprint density at radius 2 is 2.18 bits per heavy atom. The number of aromatic nitrogens is 1. The zero-order valence-corrected chi connectivity index (χ0v) is 19.1. The average Bonchev–Trinajstić information content (AvgIpc) is 3.41. The monoisotopic (exact) mass is 501 g/mol. The van der Waals surface area contributed by atoms with Gasteiger partial charge in [-0.2, -0.15) is 0 Å². The highest BCUT2D eigenvalue weighted by molar-refractivity contribution is 14.0. The molecule has 1 aromatic heterocycles. The zero-order valence-electron chi connectivity index (χ0n) is 16.8. The molecular weight excluding hydrogens is 469 g/mol. The Bertz CT molecular complexity index is 666. The first-order chi connectivity index (χ1) is 13.2. The van der Waals surface area contributed by atoms with E-state index in [1.807, 2.05) is 24.0 Å². The summed E-state index contributed by atoms with van der Waals surface area (Å²) in [4.78, 5) is 22.7. The van der Waals surface area contributed by atoms with Crippen LogP contribution in [0.2, 0.25) is 0 Å². The van der Waals surface area contributed by atoms with Gasteiger partial charge in [-0.15, -0.1) is 24.0 Å². The molecule has 28 heavy (non-hydrogen) atoms. The molecule has 156 valence electrons. The highest BCUT2D eigenvalue weighted by atomic mass is 127. The van der Waals surface area contributed by atoms with Gasteiger partial charge in [0.25, 0.3) is 0 Å². The highest BCUT2D eigenvalue weighted by Gasteiger charge is 2.25. The summed E-state index contributed by atoms with van der Waals surface area (Å²) in [6.45, 7) is 7.63. The second-order valence-electron chi connectivity index (χ2n) is 7.28. The maximum absolute atomic E-state index is 11.8. The molecule has 3 rings (SSSR count). The lowest BCUT2D eigenvalue weighted by atomic mass is 10.2. The molecule has 1 aliphatic carbocycles. The van der Waals surface area contributed by atoms with Crippen molar-refractivity contribution < 1.29 is 9.53 Å². The van der Waals surface area contributed by atoms with E-state index in [1.165, 1.54) is 12.8 Å². The van der Waals surface area contributed by atoms with E-state index >= 15 is 0 Å². The minimum Gasteiger partial charge on any atom is -0.477 e. The van der Waals surface area contributed by atoms with E-state index < -0.39 is 0 Å². The first-order valence-corrected chi connectivity index (χ1v) is 10.1. The van der Waals surface area contributed by atoms with Gasteiger partial charge in [0.05, 0.1) is 13.2 Å². The lowest BCUT2D eigenvalue weighted by Gasteiger charge is -2.18. The van der Waals surface area contributed by atoms with Crippen molar-refractivity contribution in [1.82, 2.24) is 20.5 Å². The molecule has 0 bridgehead atoms. The van der Waals surface area contributed by atoms with E-state index in [-0.39, 0.29) is 35.9 Å². The fraction of sp³-hybridized carbons (Fsp3) is 0.650. The number of halogens is 1. The molecule has 1 atom stereocenters. The minimum atomic E-state index is 0. The fourth-order valence-corrected chi connectivity index (χ4v) is 3.13. The van der Waals surface area contributed by atoms with Gasteiger partial charge in [0.15, 0.2) is 5.96 Å². The Morgan fingerprint density at radius 1 is 1.36 bits per heavy atom. The lowest BCUT2D eigenvalue weighted by Crippen LogP contribution is -2.45. The Kier molecular flexibility index (Phi) is 9.27. The predicted octanol–water partition coefficient (Wildman–Crippen LogP) is 2.55. The van der Waals surface area contributed by atoms with E-state index in [0.717, 1.165) is 44.2 Å². The van der Waals surface area contributed by atoms with Gasteiger partial charge in [-0.25, -0.2) is 9.98 Å². The number of rotatable bonds is 8. The highest BCUT2D eigenvalue weighted by Crippen LogP contribution is 2.29. The van der Waals surface area contributed by atoms with Crippen LogP contribution >= 0.6 is 24.0 Å². The summed E-state index contributed by atoms with van der Waals surface area (Å²) in [5.41, 5.74) is 1.07. The molecule has 1 unspecified atom stereocenters. The maximum Gasteiger partial charge on any atom is 0.222 e. The number of ether oxygens (including phenoxy) is 1. The third kappa shape index (κ3) is 7.10. The molecule has 1 aromatic rings. The quantitative estimate of drug-likeness (QED) is 0.325. The lowest BCUT2D eigenvalue weighted by molar-refractivity contribution is -0.129. The number of carbonyl (C=O) groups is 1. The van der Waals surface area contributed by atoms with Gasteiger partial charge in [0, 0.05) is 44.4 Å². The summed E-state index contributed by atoms with van der Waals surface area (Å²) in [5.74, 6) is 2.39. The number of hydrogen-bond acceptors (Lipinski definition) is 4.